The van der Waals surface area contributed by atoms with Crippen LogP contribution in [0.3, 0.4) is 0 Å². The van der Waals surface area contributed by atoms with Crippen LogP contribution in [-0.4, -0.2) is 21.9 Å². The van der Waals surface area contributed by atoms with Crippen LogP contribution < -0.4 is 0 Å². The lowest BCUT2D eigenvalue weighted by molar-refractivity contribution is -0.153. The first-order valence-electron chi connectivity index (χ1n) is 10.9. The summed E-state index contributed by atoms with van der Waals surface area (Å²) >= 11 is 0. The second kappa shape index (κ2) is 4.72. The predicted molar refractivity (Wildman–Crippen MR) is 88.4 cm³/mol. The van der Waals surface area contributed by atoms with Crippen LogP contribution in [0.5, 0.6) is 0 Å². The van der Waals surface area contributed by atoms with Crippen LogP contribution in [0.4, 0.5) is 0 Å². The van der Waals surface area contributed by atoms with Crippen molar-refractivity contribution in [2.45, 2.75) is 90.2 Å². The Morgan fingerprint density at radius 1 is 0.955 bits per heavy atom. The standard InChI is InChI=1S/C20H34O2/c1-18-9-6-14(21)12-13(18)4-5-15-16(18)7-10-19(2)17(15)8-11-20(19,3)22/h13-17,21-22H,4-12H2,1-3H3/t13?,14-,15+,16-,17-,18-,19-,20-/m0/s1/i3D3. The summed E-state index contributed by atoms with van der Waals surface area (Å²) in [6.07, 6.45) is 8.30. The normalized spacial score (nSPS) is 63.8. The van der Waals surface area contributed by atoms with Gasteiger partial charge < -0.3 is 10.2 Å². The Morgan fingerprint density at radius 2 is 1.73 bits per heavy atom. The maximum absolute atomic E-state index is 11.2. The van der Waals surface area contributed by atoms with Gasteiger partial charge in [-0.05, 0) is 99.1 Å². The fourth-order valence-corrected chi connectivity index (χ4v) is 7.25. The minimum Gasteiger partial charge on any atom is -0.393 e. The third-order valence-corrected chi connectivity index (χ3v) is 8.79. The summed E-state index contributed by atoms with van der Waals surface area (Å²) < 4.78 is 23.9. The van der Waals surface area contributed by atoms with Crippen molar-refractivity contribution in [3.63, 3.8) is 0 Å². The molecule has 4 fully saturated rings. The maximum atomic E-state index is 11.2. The van der Waals surface area contributed by atoms with E-state index >= 15 is 0 Å². The Morgan fingerprint density at radius 3 is 2.50 bits per heavy atom. The second-order valence-corrected chi connectivity index (χ2v) is 9.44. The van der Waals surface area contributed by atoms with E-state index in [1.807, 2.05) is 0 Å². The van der Waals surface area contributed by atoms with E-state index in [1.165, 1.54) is 0 Å². The number of hydrogen-bond donors (Lipinski definition) is 2. The van der Waals surface area contributed by atoms with Gasteiger partial charge in [-0.1, -0.05) is 13.8 Å². The van der Waals surface area contributed by atoms with Gasteiger partial charge in [0.25, 0.3) is 0 Å². The predicted octanol–water partition coefficient (Wildman–Crippen LogP) is 4.14. The quantitative estimate of drug-likeness (QED) is 0.706. The third kappa shape index (κ3) is 1.86. The number of hydrogen-bond acceptors (Lipinski definition) is 2. The molecule has 0 amide bonds. The van der Waals surface area contributed by atoms with Crippen LogP contribution in [0.15, 0.2) is 0 Å². The van der Waals surface area contributed by atoms with Crippen molar-refractivity contribution < 1.29 is 14.3 Å². The van der Waals surface area contributed by atoms with Crippen LogP contribution in [0, 0.1) is 34.5 Å². The van der Waals surface area contributed by atoms with E-state index in [4.69, 9.17) is 4.11 Å². The smallest absolute Gasteiger partial charge is 0.0675 e. The maximum Gasteiger partial charge on any atom is 0.0675 e. The van der Waals surface area contributed by atoms with Gasteiger partial charge in [0.2, 0.25) is 0 Å². The summed E-state index contributed by atoms with van der Waals surface area (Å²) in [5, 5.41) is 21.3. The molecule has 0 radical (unpaired) electrons. The fraction of sp³-hybridized carbons (Fsp3) is 1.00. The molecule has 0 aromatic carbocycles. The van der Waals surface area contributed by atoms with Crippen molar-refractivity contribution in [3.8, 4) is 0 Å². The highest BCUT2D eigenvalue weighted by molar-refractivity contribution is 5.12. The topological polar surface area (TPSA) is 40.5 Å². The van der Waals surface area contributed by atoms with E-state index < -0.39 is 17.9 Å². The molecule has 0 bridgehead atoms. The summed E-state index contributed by atoms with van der Waals surface area (Å²) in [5.74, 6) is 2.13. The Balaban J connectivity index is 1.65. The molecule has 1 unspecified atom stereocenters. The Kier molecular flexibility index (Phi) is 2.64. The van der Waals surface area contributed by atoms with E-state index in [9.17, 15) is 10.2 Å². The van der Waals surface area contributed by atoms with Gasteiger partial charge >= 0.3 is 0 Å². The number of aliphatic hydroxyl groups excluding tert-OH is 1. The van der Waals surface area contributed by atoms with Crippen molar-refractivity contribution in [2.75, 3.05) is 0 Å². The number of fused-ring (bicyclic) bond motifs is 5. The van der Waals surface area contributed by atoms with E-state index in [-0.39, 0.29) is 6.10 Å². The average Bonchev–Trinajstić information content (AvgIpc) is 2.81. The van der Waals surface area contributed by atoms with Crippen molar-refractivity contribution in [1.29, 1.82) is 0 Å². The highest BCUT2D eigenvalue weighted by atomic mass is 16.3. The molecule has 126 valence electrons. The largest absolute Gasteiger partial charge is 0.393 e. The van der Waals surface area contributed by atoms with Gasteiger partial charge in [-0.15, -0.1) is 0 Å². The lowest BCUT2D eigenvalue weighted by atomic mass is 9.44. The van der Waals surface area contributed by atoms with Gasteiger partial charge in [0.15, 0.2) is 0 Å². The van der Waals surface area contributed by atoms with Gasteiger partial charge in [-0.3, -0.25) is 0 Å². The molecule has 0 aliphatic heterocycles. The summed E-state index contributed by atoms with van der Waals surface area (Å²) in [7, 11) is 0. The van der Waals surface area contributed by atoms with E-state index in [1.54, 1.807) is 0 Å². The molecule has 0 heterocycles. The Hall–Kier alpha value is -0.0800. The van der Waals surface area contributed by atoms with Crippen LogP contribution in [0.25, 0.3) is 0 Å². The second-order valence-electron chi connectivity index (χ2n) is 9.44. The van der Waals surface area contributed by atoms with Crippen molar-refractivity contribution in [2.24, 2.45) is 34.5 Å². The zero-order valence-corrected chi connectivity index (χ0v) is 14.1. The third-order valence-electron chi connectivity index (χ3n) is 8.79. The van der Waals surface area contributed by atoms with E-state index in [0.29, 0.717) is 35.5 Å². The summed E-state index contributed by atoms with van der Waals surface area (Å²) in [5.41, 5.74) is -1.70. The monoisotopic (exact) mass is 309 g/mol. The molecule has 0 saturated heterocycles. The van der Waals surface area contributed by atoms with Gasteiger partial charge in [0.05, 0.1) is 11.7 Å². The molecule has 4 aliphatic rings. The molecule has 2 N–H and O–H groups in total. The molecule has 8 atom stereocenters. The van der Waals surface area contributed by atoms with Crippen LogP contribution >= 0.6 is 0 Å². The average molecular weight is 310 g/mol. The Labute approximate surface area is 139 Å². The molecule has 0 aromatic heterocycles. The van der Waals surface area contributed by atoms with Crippen LogP contribution in [-0.2, 0) is 0 Å². The molecule has 2 heteroatoms. The first kappa shape index (κ1) is 12.3. The molecule has 0 aromatic rings. The Bertz CT molecular complexity index is 550. The van der Waals surface area contributed by atoms with Crippen LogP contribution in [0.2, 0.25) is 0 Å². The van der Waals surface area contributed by atoms with E-state index in [2.05, 4.69) is 13.8 Å². The summed E-state index contributed by atoms with van der Waals surface area (Å²) in [6, 6.07) is 0. The van der Waals surface area contributed by atoms with Crippen molar-refractivity contribution in [3.05, 3.63) is 0 Å². The molecule has 4 saturated carbocycles. The molecule has 2 nitrogen and oxygen atoms in total. The molecule has 22 heavy (non-hydrogen) atoms. The van der Waals surface area contributed by atoms with E-state index in [0.717, 1.165) is 51.4 Å². The van der Waals surface area contributed by atoms with Gasteiger partial charge in [0, 0.05) is 4.11 Å². The molecule has 0 spiro atoms. The minimum absolute atomic E-state index is 0.129. The fourth-order valence-electron chi connectivity index (χ4n) is 7.25. The first-order valence-corrected chi connectivity index (χ1v) is 9.43. The highest BCUT2D eigenvalue weighted by Gasteiger charge is 2.63. The lowest BCUT2D eigenvalue weighted by Gasteiger charge is -2.61. The van der Waals surface area contributed by atoms with Gasteiger partial charge in [-0.25, -0.2) is 0 Å². The summed E-state index contributed by atoms with van der Waals surface area (Å²) in [6.45, 7) is 2.21. The molecular weight excluding hydrogens is 272 g/mol. The molecular formula is C20H34O2. The zero-order valence-electron chi connectivity index (χ0n) is 17.1. The van der Waals surface area contributed by atoms with Gasteiger partial charge in [0.1, 0.15) is 0 Å². The number of rotatable bonds is 0. The molecule has 4 aliphatic carbocycles. The van der Waals surface area contributed by atoms with Crippen molar-refractivity contribution >= 4 is 0 Å². The minimum atomic E-state index is -2.29. The summed E-state index contributed by atoms with van der Waals surface area (Å²) in [4.78, 5) is 0. The lowest BCUT2D eigenvalue weighted by Crippen LogP contribution is -2.56. The van der Waals surface area contributed by atoms with Gasteiger partial charge in [-0.2, -0.15) is 0 Å². The first-order chi connectivity index (χ1) is 11.5. The molecule has 4 rings (SSSR count). The number of aliphatic hydroxyl groups is 2. The van der Waals surface area contributed by atoms with Crippen LogP contribution in [0.1, 0.15) is 82.6 Å². The van der Waals surface area contributed by atoms with Crippen molar-refractivity contribution in [1.82, 2.24) is 0 Å². The SMILES string of the molecule is [2H]C([2H])([2H])[C@]1(O)CC[C@H]2[C@@H]3CCC4C[C@@H](O)CC[C@]4(C)[C@H]3CC[C@@]21C. The zero-order chi connectivity index (χ0) is 18.3. The highest BCUT2D eigenvalue weighted by Crippen LogP contribution is 2.68.